The summed E-state index contributed by atoms with van der Waals surface area (Å²) in [6.07, 6.45) is 1.12. The van der Waals surface area contributed by atoms with Crippen molar-refractivity contribution >= 4 is 39.6 Å². The molecule has 0 fully saturated rings. The Hall–Kier alpha value is -4.85. The van der Waals surface area contributed by atoms with Crippen LogP contribution >= 0.6 is 0 Å². The van der Waals surface area contributed by atoms with Crippen LogP contribution in [0.5, 0.6) is 0 Å². The second-order valence-corrected chi connectivity index (χ2v) is 13.0. The highest BCUT2D eigenvalue weighted by molar-refractivity contribution is 6.00. The number of esters is 1. The van der Waals surface area contributed by atoms with Crippen LogP contribution in [0.15, 0.2) is 82.1 Å². The summed E-state index contributed by atoms with van der Waals surface area (Å²) >= 11 is 0. The number of benzene rings is 3. The third-order valence-electron chi connectivity index (χ3n) is 6.95. The lowest BCUT2D eigenvalue weighted by Crippen LogP contribution is -2.26. The number of carbonyl (C=O) groups is 2. The summed E-state index contributed by atoms with van der Waals surface area (Å²) in [6, 6.07) is 19.5. The molecule has 0 amide bonds. The van der Waals surface area contributed by atoms with Gasteiger partial charge in [0.05, 0.1) is 22.5 Å². The van der Waals surface area contributed by atoms with Crippen molar-refractivity contribution in [3.8, 4) is 11.3 Å². The molecule has 8 heteroatoms. The summed E-state index contributed by atoms with van der Waals surface area (Å²) in [5.41, 5.74) is 2.75. The Morgan fingerprint density at radius 3 is 2.23 bits per heavy atom. The van der Waals surface area contributed by atoms with Gasteiger partial charge in [-0.25, -0.2) is 9.59 Å². The van der Waals surface area contributed by atoms with Crippen LogP contribution in [0.3, 0.4) is 0 Å². The Labute approximate surface area is 256 Å². The zero-order valence-electron chi connectivity index (χ0n) is 26.4. The molecule has 0 aliphatic rings. The third-order valence-corrected chi connectivity index (χ3v) is 6.95. The Morgan fingerprint density at radius 1 is 0.864 bits per heavy atom. The van der Waals surface area contributed by atoms with Gasteiger partial charge in [-0.2, -0.15) is 0 Å². The lowest BCUT2D eigenvalue weighted by Gasteiger charge is -2.22. The molecule has 228 valence electrons. The van der Waals surface area contributed by atoms with E-state index in [1.165, 1.54) is 10.6 Å². The molecule has 5 rings (SSSR count). The van der Waals surface area contributed by atoms with Crippen LogP contribution in [0.1, 0.15) is 76.0 Å². The smallest absolute Gasteiger partial charge is 0.419 e. The Balaban J connectivity index is 1.61. The van der Waals surface area contributed by atoms with Gasteiger partial charge in [0, 0.05) is 34.5 Å². The largest absolute Gasteiger partial charge is 0.456 e. The molecular weight excluding hydrogens is 556 g/mol. The molecule has 0 saturated heterocycles. The standard InChI is InChI=1S/C36H38N2O6/c1-21-17-25(22(2)37-28-15-11-9-14-24(28)33(40)43-35(3,4)5)32-26(18-21)30(39)19-31(42-32)27-20-38(34(41)44-36(6,7)8)29-16-12-10-13-23(27)29/h9-20,22,37H,1-8H3. The normalized spacial score (nSPS) is 12.7. The quantitative estimate of drug-likeness (QED) is 0.203. The molecule has 2 aromatic heterocycles. The zero-order chi connectivity index (χ0) is 32.0. The van der Waals surface area contributed by atoms with Crippen molar-refractivity contribution in [3.05, 3.63) is 99.8 Å². The number of para-hydroxylation sites is 2. The highest BCUT2D eigenvalue weighted by Gasteiger charge is 2.25. The number of fused-ring (bicyclic) bond motifs is 2. The van der Waals surface area contributed by atoms with Gasteiger partial charge in [-0.15, -0.1) is 0 Å². The van der Waals surface area contributed by atoms with Crippen molar-refractivity contribution in [2.45, 2.75) is 72.6 Å². The number of rotatable bonds is 5. The number of ether oxygens (including phenoxy) is 2. The number of hydrogen-bond acceptors (Lipinski definition) is 7. The van der Waals surface area contributed by atoms with E-state index >= 15 is 0 Å². The van der Waals surface area contributed by atoms with Gasteiger partial charge < -0.3 is 19.2 Å². The van der Waals surface area contributed by atoms with Gasteiger partial charge in [0.2, 0.25) is 0 Å². The number of nitrogens with one attached hydrogen (secondary N) is 1. The highest BCUT2D eigenvalue weighted by atomic mass is 16.6. The summed E-state index contributed by atoms with van der Waals surface area (Å²) in [7, 11) is 0. The molecule has 0 aliphatic heterocycles. The third kappa shape index (κ3) is 6.39. The van der Waals surface area contributed by atoms with E-state index in [2.05, 4.69) is 5.32 Å². The molecule has 44 heavy (non-hydrogen) atoms. The van der Waals surface area contributed by atoms with Gasteiger partial charge in [-0.3, -0.25) is 9.36 Å². The summed E-state index contributed by atoms with van der Waals surface area (Å²) in [5.74, 6) is -0.107. The zero-order valence-corrected chi connectivity index (χ0v) is 26.4. The van der Waals surface area contributed by atoms with Gasteiger partial charge in [-0.1, -0.05) is 36.4 Å². The average molecular weight is 595 g/mol. The Bertz CT molecular complexity index is 1950. The minimum absolute atomic E-state index is 0.207. The van der Waals surface area contributed by atoms with Crippen LogP contribution in [0, 0.1) is 6.92 Å². The molecule has 0 aliphatic carbocycles. The van der Waals surface area contributed by atoms with E-state index in [1.54, 1.807) is 24.4 Å². The van der Waals surface area contributed by atoms with Gasteiger partial charge in [-0.05, 0) is 85.2 Å². The summed E-state index contributed by atoms with van der Waals surface area (Å²) < 4.78 is 19.2. The SMILES string of the molecule is Cc1cc(C(C)Nc2ccccc2C(=O)OC(C)(C)C)c2oc(-c3cn(C(=O)OC(C)(C)C)c4ccccc34)cc(=O)c2c1. The summed E-state index contributed by atoms with van der Waals surface area (Å²) in [6.45, 7) is 14.8. The number of anilines is 1. The molecule has 1 atom stereocenters. The lowest BCUT2D eigenvalue weighted by molar-refractivity contribution is 0.00703. The average Bonchev–Trinajstić information content (AvgIpc) is 3.31. The molecule has 0 bridgehead atoms. The fourth-order valence-electron chi connectivity index (χ4n) is 5.16. The minimum atomic E-state index is -0.684. The monoisotopic (exact) mass is 594 g/mol. The van der Waals surface area contributed by atoms with E-state index in [0.717, 1.165) is 16.5 Å². The van der Waals surface area contributed by atoms with Crippen molar-refractivity contribution < 1.29 is 23.5 Å². The van der Waals surface area contributed by atoms with Crippen molar-refractivity contribution in [1.29, 1.82) is 0 Å². The van der Waals surface area contributed by atoms with Gasteiger partial charge in [0.25, 0.3) is 0 Å². The van der Waals surface area contributed by atoms with Gasteiger partial charge in [0.15, 0.2) is 5.43 Å². The minimum Gasteiger partial charge on any atom is -0.456 e. The fraction of sp³-hybridized carbons (Fsp3) is 0.306. The van der Waals surface area contributed by atoms with Crippen molar-refractivity contribution in [2.75, 3.05) is 5.32 Å². The van der Waals surface area contributed by atoms with E-state index in [9.17, 15) is 14.4 Å². The summed E-state index contributed by atoms with van der Waals surface area (Å²) in [4.78, 5) is 39.7. The number of carbonyl (C=O) groups excluding carboxylic acids is 2. The molecule has 2 heterocycles. The maximum atomic E-state index is 13.6. The molecule has 5 aromatic rings. The predicted molar refractivity (Wildman–Crippen MR) is 173 cm³/mol. The number of nitrogens with zero attached hydrogens (tertiary/aromatic N) is 1. The maximum Gasteiger partial charge on any atom is 0.419 e. The predicted octanol–water partition coefficient (Wildman–Crippen LogP) is 8.63. The van der Waals surface area contributed by atoms with Crippen LogP contribution in [-0.2, 0) is 9.47 Å². The van der Waals surface area contributed by atoms with Crippen LogP contribution in [0.2, 0.25) is 0 Å². The molecule has 0 spiro atoms. The first-order chi connectivity index (χ1) is 20.6. The van der Waals surface area contributed by atoms with Crippen LogP contribution in [0.4, 0.5) is 10.5 Å². The number of hydrogen-bond donors (Lipinski definition) is 1. The van der Waals surface area contributed by atoms with Crippen LogP contribution < -0.4 is 10.7 Å². The molecule has 0 saturated carbocycles. The van der Waals surface area contributed by atoms with E-state index < -0.39 is 23.3 Å². The molecular formula is C36H38N2O6. The van der Waals surface area contributed by atoms with Crippen LogP contribution in [0.25, 0.3) is 33.2 Å². The second kappa shape index (κ2) is 11.3. The molecule has 1 N–H and O–H groups in total. The lowest BCUT2D eigenvalue weighted by atomic mass is 10.00. The van der Waals surface area contributed by atoms with Gasteiger partial charge in [0.1, 0.15) is 22.5 Å². The molecule has 3 aromatic carbocycles. The fourth-order valence-corrected chi connectivity index (χ4v) is 5.16. The van der Waals surface area contributed by atoms with E-state index in [4.69, 9.17) is 13.9 Å². The summed E-state index contributed by atoms with van der Waals surface area (Å²) in [5, 5.41) is 4.61. The Kier molecular flexibility index (Phi) is 7.88. The second-order valence-electron chi connectivity index (χ2n) is 13.0. The van der Waals surface area contributed by atoms with Crippen molar-refractivity contribution in [1.82, 2.24) is 4.57 Å². The molecule has 0 radical (unpaired) electrons. The number of aryl methyl sites for hydroxylation is 1. The van der Waals surface area contributed by atoms with E-state index in [-0.39, 0.29) is 11.5 Å². The first-order valence-corrected chi connectivity index (χ1v) is 14.6. The van der Waals surface area contributed by atoms with Gasteiger partial charge >= 0.3 is 12.1 Å². The number of aromatic nitrogens is 1. The van der Waals surface area contributed by atoms with Crippen LogP contribution in [-0.4, -0.2) is 27.8 Å². The maximum absolute atomic E-state index is 13.6. The van der Waals surface area contributed by atoms with Crippen molar-refractivity contribution in [2.24, 2.45) is 0 Å². The topological polar surface area (TPSA) is 99.8 Å². The van der Waals surface area contributed by atoms with E-state index in [1.807, 2.05) is 97.9 Å². The first-order valence-electron chi connectivity index (χ1n) is 14.6. The van der Waals surface area contributed by atoms with E-state index in [0.29, 0.717) is 39.1 Å². The first kappa shape index (κ1) is 30.6. The Morgan fingerprint density at radius 2 is 1.52 bits per heavy atom. The molecule has 1 unspecified atom stereocenters. The van der Waals surface area contributed by atoms with Crippen molar-refractivity contribution in [3.63, 3.8) is 0 Å². The molecule has 8 nitrogen and oxygen atoms in total. The highest BCUT2D eigenvalue weighted by Crippen LogP contribution is 2.35.